The third-order valence-corrected chi connectivity index (χ3v) is 3.46. The van der Waals surface area contributed by atoms with Crippen LogP contribution in [-0.4, -0.2) is 41.8 Å². The summed E-state index contributed by atoms with van der Waals surface area (Å²) < 4.78 is 5.84. The van der Waals surface area contributed by atoms with E-state index in [1.165, 1.54) is 0 Å². The number of ether oxygens (including phenoxy) is 1. The molecule has 1 aromatic rings. The lowest BCUT2D eigenvalue weighted by atomic mass is 10.1. The second kappa shape index (κ2) is 7.09. The molecule has 1 fully saturated rings. The number of nitrogens with two attached hydrogens (primary N) is 1. The van der Waals surface area contributed by atoms with E-state index in [9.17, 15) is 0 Å². The van der Waals surface area contributed by atoms with E-state index in [4.69, 9.17) is 15.7 Å². The first kappa shape index (κ1) is 14.6. The molecule has 20 heavy (non-hydrogen) atoms. The summed E-state index contributed by atoms with van der Waals surface area (Å²) in [5.41, 5.74) is 7.33. The molecule has 0 radical (unpaired) electrons. The van der Waals surface area contributed by atoms with Gasteiger partial charge in [0, 0.05) is 31.5 Å². The van der Waals surface area contributed by atoms with Gasteiger partial charge in [-0.25, -0.2) is 0 Å². The predicted molar refractivity (Wildman–Crippen MR) is 78.2 cm³/mol. The molecule has 3 N–H and O–H groups in total. The Kier molecular flexibility index (Phi) is 5.17. The van der Waals surface area contributed by atoms with Crippen LogP contribution in [0.2, 0.25) is 0 Å². The molecule has 1 saturated heterocycles. The summed E-state index contributed by atoms with van der Waals surface area (Å²) >= 11 is 0. The fourth-order valence-electron chi connectivity index (χ4n) is 2.49. The van der Waals surface area contributed by atoms with E-state index in [1.54, 1.807) is 18.5 Å². The van der Waals surface area contributed by atoms with Gasteiger partial charge in [-0.1, -0.05) is 12.1 Å². The average Bonchev–Trinajstić information content (AvgIpc) is 2.52. The van der Waals surface area contributed by atoms with Gasteiger partial charge in [-0.2, -0.15) is 0 Å². The smallest absolute Gasteiger partial charge is 0.172 e. The Morgan fingerprint density at radius 3 is 3.25 bits per heavy atom. The van der Waals surface area contributed by atoms with E-state index in [-0.39, 0.29) is 11.9 Å². The molecule has 0 aromatic carbocycles. The van der Waals surface area contributed by atoms with Crippen molar-refractivity contribution in [1.82, 2.24) is 4.98 Å². The highest BCUT2D eigenvalue weighted by molar-refractivity contribution is 6.02. The molecule has 1 atom stereocenters. The topological polar surface area (TPSA) is 84.0 Å². The lowest BCUT2D eigenvalue weighted by Gasteiger charge is -2.35. The summed E-state index contributed by atoms with van der Waals surface area (Å²) in [4.78, 5) is 6.35. The molecule has 0 amide bonds. The molecule has 0 aliphatic carbocycles. The normalized spacial score (nSPS) is 20.1. The van der Waals surface area contributed by atoms with Gasteiger partial charge in [0.1, 0.15) is 0 Å². The number of pyridine rings is 1. The summed E-state index contributed by atoms with van der Waals surface area (Å²) in [5.74, 6) is 0.110. The zero-order chi connectivity index (χ0) is 14.4. The minimum atomic E-state index is 0.110. The van der Waals surface area contributed by atoms with E-state index < -0.39 is 0 Å². The Hall–Kier alpha value is -1.82. The lowest BCUT2D eigenvalue weighted by Crippen LogP contribution is -2.40. The van der Waals surface area contributed by atoms with E-state index in [2.05, 4.69) is 22.0 Å². The first-order valence-corrected chi connectivity index (χ1v) is 7.04. The van der Waals surface area contributed by atoms with E-state index >= 15 is 0 Å². The highest BCUT2D eigenvalue weighted by atomic mass is 16.5. The van der Waals surface area contributed by atoms with Gasteiger partial charge in [0.15, 0.2) is 5.84 Å². The SMILES string of the molecule is CCCOC1CCCN(c2cnccc2/C(N)=N/O)C1. The highest BCUT2D eigenvalue weighted by Crippen LogP contribution is 2.24. The quantitative estimate of drug-likeness (QED) is 0.370. The van der Waals surface area contributed by atoms with Gasteiger partial charge in [-0.3, -0.25) is 4.98 Å². The first-order valence-electron chi connectivity index (χ1n) is 7.04. The van der Waals surface area contributed by atoms with Crippen LogP contribution in [0, 0.1) is 0 Å². The number of rotatable bonds is 5. The van der Waals surface area contributed by atoms with Crippen LogP contribution in [0.1, 0.15) is 31.7 Å². The van der Waals surface area contributed by atoms with Crippen molar-refractivity contribution in [3.8, 4) is 0 Å². The van der Waals surface area contributed by atoms with Crippen LogP contribution in [0.25, 0.3) is 0 Å². The molecular formula is C14H22N4O2. The van der Waals surface area contributed by atoms with Crippen molar-refractivity contribution in [2.75, 3.05) is 24.6 Å². The van der Waals surface area contributed by atoms with Crippen molar-refractivity contribution in [2.45, 2.75) is 32.3 Å². The molecule has 2 rings (SSSR count). The van der Waals surface area contributed by atoms with Crippen LogP contribution >= 0.6 is 0 Å². The van der Waals surface area contributed by atoms with Gasteiger partial charge in [-0.05, 0) is 25.3 Å². The van der Waals surface area contributed by atoms with Crippen LogP contribution in [-0.2, 0) is 4.74 Å². The number of hydrogen-bond acceptors (Lipinski definition) is 5. The standard InChI is InChI=1S/C14H22N4O2/c1-2-8-20-11-4-3-7-18(10-11)13-9-16-6-5-12(13)14(15)17-19/h5-6,9,11,19H,2-4,7-8,10H2,1H3,(H2,15,17). The van der Waals surface area contributed by atoms with Crippen LogP contribution < -0.4 is 10.6 Å². The Bertz CT molecular complexity index is 464. The zero-order valence-electron chi connectivity index (χ0n) is 11.8. The monoisotopic (exact) mass is 278 g/mol. The molecule has 1 aliphatic rings. The third kappa shape index (κ3) is 3.39. The molecule has 110 valence electrons. The second-order valence-electron chi connectivity index (χ2n) is 4.96. The summed E-state index contributed by atoms with van der Waals surface area (Å²) in [6, 6.07) is 1.76. The summed E-state index contributed by atoms with van der Waals surface area (Å²) in [6.07, 6.45) is 6.82. The van der Waals surface area contributed by atoms with Crippen molar-refractivity contribution in [2.24, 2.45) is 10.9 Å². The Morgan fingerprint density at radius 1 is 1.65 bits per heavy atom. The van der Waals surface area contributed by atoms with Gasteiger partial charge < -0.3 is 20.6 Å². The third-order valence-electron chi connectivity index (χ3n) is 3.46. The van der Waals surface area contributed by atoms with E-state index in [0.717, 1.165) is 44.6 Å². The van der Waals surface area contributed by atoms with Gasteiger partial charge >= 0.3 is 0 Å². The summed E-state index contributed by atoms with van der Waals surface area (Å²) in [6.45, 7) is 4.65. The molecule has 0 bridgehead atoms. The van der Waals surface area contributed by atoms with Gasteiger partial charge in [0.25, 0.3) is 0 Å². The summed E-state index contributed by atoms with van der Waals surface area (Å²) in [5, 5.41) is 12.0. The van der Waals surface area contributed by atoms with Crippen LogP contribution in [0.3, 0.4) is 0 Å². The Labute approximate surface area is 119 Å². The minimum Gasteiger partial charge on any atom is -0.409 e. The largest absolute Gasteiger partial charge is 0.409 e. The molecule has 1 aromatic heterocycles. The number of anilines is 1. The average molecular weight is 278 g/mol. The molecule has 2 heterocycles. The zero-order valence-corrected chi connectivity index (χ0v) is 11.8. The maximum absolute atomic E-state index is 8.88. The number of oxime groups is 1. The molecule has 0 saturated carbocycles. The number of piperidine rings is 1. The number of nitrogens with zero attached hydrogens (tertiary/aromatic N) is 3. The maximum atomic E-state index is 8.88. The van der Waals surface area contributed by atoms with Crippen molar-refractivity contribution in [1.29, 1.82) is 0 Å². The fourth-order valence-corrected chi connectivity index (χ4v) is 2.49. The molecule has 0 spiro atoms. The van der Waals surface area contributed by atoms with Crippen LogP contribution in [0.15, 0.2) is 23.6 Å². The molecule has 1 aliphatic heterocycles. The molecule has 6 heteroatoms. The van der Waals surface area contributed by atoms with E-state index in [1.807, 2.05) is 0 Å². The maximum Gasteiger partial charge on any atom is 0.172 e. The fraction of sp³-hybridized carbons (Fsp3) is 0.571. The van der Waals surface area contributed by atoms with Gasteiger partial charge in [-0.15, -0.1) is 0 Å². The van der Waals surface area contributed by atoms with Crippen LogP contribution in [0.5, 0.6) is 0 Å². The lowest BCUT2D eigenvalue weighted by molar-refractivity contribution is 0.0440. The molecule has 6 nitrogen and oxygen atoms in total. The Morgan fingerprint density at radius 2 is 2.50 bits per heavy atom. The van der Waals surface area contributed by atoms with E-state index in [0.29, 0.717) is 5.56 Å². The number of hydrogen-bond donors (Lipinski definition) is 2. The second-order valence-corrected chi connectivity index (χ2v) is 4.96. The van der Waals surface area contributed by atoms with Crippen molar-refractivity contribution in [3.05, 3.63) is 24.0 Å². The van der Waals surface area contributed by atoms with Crippen molar-refractivity contribution < 1.29 is 9.94 Å². The first-order chi connectivity index (χ1) is 9.76. The van der Waals surface area contributed by atoms with Crippen LogP contribution in [0.4, 0.5) is 5.69 Å². The Balaban J connectivity index is 2.14. The predicted octanol–water partition coefficient (Wildman–Crippen LogP) is 1.57. The molecular weight excluding hydrogens is 256 g/mol. The number of aromatic nitrogens is 1. The minimum absolute atomic E-state index is 0.110. The number of amidine groups is 1. The van der Waals surface area contributed by atoms with Gasteiger partial charge in [0.2, 0.25) is 0 Å². The van der Waals surface area contributed by atoms with Crippen molar-refractivity contribution in [3.63, 3.8) is 0 Å². The molecule has 1 unspecified atom stereocenters. The summed E-state index contributed by atoms with van der Waals surface area (Å²) in [7, 11) is 0. The highest BCUT2D eigenvalue weighted by Gasteiger charge is 2.23. The van der Waals surface area contributed by atoms with Crippen molar-refractivity contribution >= 4 is 11.5 Å². The van der Waals surface area contributed by atoms with Gasteiger partial charge in [0.05, 0.1) is 18.0 Å².